The van der Waals surface area contributed by atoms with Crippen molar-refractivity contribution in [2.75, 3.05) is 30.8 Å². The molecule has 0 radical (unpaired) electrons. The summed E-state index contributed by atoms with van der Waals surface area (Å²) in [5, 5.41) is 16.6. The number of nitrogens with zero attached hydrogens (tertiary/aromatic N) is 3. The quantitative estimate of drug-likeness (QED) is 0.328. The van der Waals surface area contributed by atoms with Crippen LogP contribution in [0.2, 0.25) is 0 Å². The number of carboxylic acid groups (broad SMARTS) is 1. The Kier molecular flexibility index (Phi) is 6.62. The van der Waals surface area contributed by atoms with E-state index in [1.54, 1.807) is 19.2 Å². The molecule has 8 nitrogen and oxygen atoms in total. The summed E-state index contributed by atoms with van der Waals surface area (Å²) in [5.41, 5.74) is 2.98. The van der Waals surface area contributed by atoms with Crippen LogP contribution in [0.25, 0.3) is 22.2 Å². The van der Waals surface area contributed by atoms with E-state index in [4.69, 9.17) is 4.74 Å². The monoisotopic (exact) mass is 463 g/mol. The zero-order chi connectivity index (χ0) is 24.2. The first-order valence-corrected chi connectivity index (χ1v) is 10.9. The van der Waals surface area contributed by atoms with Gasteiger partial charge in [0.1, 0.15) is 29.3 Å². The van der Waals surface area contributed by atoms with Gasteiger partial charge in [-0.3, -0.25) is 0 Å². The molecule has 0 bridgehead atoms. The van der Waals surface area contributed by atoms with E-state index in [9.17, 15) is 14.3 Å². The molecule has 4 aromatic rings. The molecule has 2 aromatic carbocycles. The zero-order valence-corrected chi connectivity index (χ0v) is 19.2. The SMILES string of the molecule is CCNc1cc(-c2cc(NCCn3c(C)cc4c(OC)cccc43)ncn2)cc(F)c1C(=O)O. The molecule has 0 amide bonds. The zero-order valence-electron chi connectivity index (χ0n) is 19.2. The third-order valence-corrected chi connectivity index (χ3v) is 5.61. The predicted molar refractivity (Wildman–Crippen MR) is 130 cm³/mol. The Bertz CT molecular complexity index is 1350. The number of aromatic nitrogens is 3. The summed E-state index contributed by atoms with van der Waals surface area (Å²) in [5.74, 6) is -0.717. The molecule has 0 saturated carbocycles. The number of aryl methyl sites for hydroxylation is 1. The summed E-state index contributed by atoms with van der Waals surface area (Å²) < 4.78 is 22.2. The molecule has 9 heteroatoms. The number of hydrogen-bond donors (Lipinski definition) is 3. The number of carboxylic acids is 1. The molecule has 0 aliphatic heterocycles. The van der Waals surface area contributed by atoms with E-state index in [2.05, 4.69) is 44.2 Å². The van der Waals surface area contributed by atoms with Crippen LogP contribution in [-0.4, -0.2) is 45.8 Å². The maximum absolute atomic E-state index is 14.6. The normalized spacial score (nSPS) is 10.9. The average Bonchev–Trinajstić information content (AvgIpc) is 3.14. The number of carbonyl (C=O) groups is 1. The molecule has 0 saturated heterocycles. The van der Waals surface area contributed by atoms with E-state index in [1.165, 1.54) is 12.4 Å². The van der Waals surface area contributed by atoms with Gasteiger partial charge in [0, 0.05) is 42.3 Å². The van der Waals surface area contributed by atoms with Gasteiger partial charge in [-0.15, -0.1) is 0 Å². The van der Waals surface area contributed by atoms with Crippen molar-refractivity contribution in [2.45, 2.75) is 20.4 Å². The largest absolute Gasteiger partial charge is 0.496 e. The van der Waals surface area contributed by atoms with Crippen molar-refractivity contribution in [3.8, 4) is 17.0 Å². The number of ether oxygens (including phenoxy) is 1. The fourth-order valence-electron chi connectivity index (χ4n) is 4.07. The van der Waals surface area contributed by atoms with Crippen LogP contribution in [0.15, 0.2) is 48.8 Å². The first-order valence-electron chi connectivity index (χ1n) is 10.9. The van der Waals surface area contributed by atoms with Crippen LogP contribution in [0.3, 0.4) is 0 Å². The van der Waals surface area contributed by atoms with Gasteiger partial charge in [-0.1, -0.05) is 6.07 Å². The number of anilines is 2. The Hall–Kier alpha value is -4.14. The fraction of sp³-hybridized carbons (Fsp3) is 0.240. The highest BCUT2D eigenvalue weighted by atomic mass is 19.1. The molecule has 0 fully saturated rings. The summed E-state index contributed by atoms with van der Waals surface area (Å²) in [6.45, 7) is 5.63. The van der Waals surface area contributed by atoms with Crippen molar-refractivity contribution in [3.63, 3.8) is 0 Å². The van der Waals surface area contributed by atoms with Gasteiger partial charge >= 0.3 is 5.97 Å². The average molecular weight is 464 g/mol. The molecular weight excluding hydrogens is 437 g/mol. The molecule has 176 valence electrons. The van der Waals surface area contributed by atoms with Gasteiger partial charge in [0.15, 0.2) is 0 Å². The van der Waals surface area contributed by atoms with Crippen LogP contribution in [-0.2, 0) is 6.54 Å². The van der Waals surface area contributed by atoms with Gasteiger partial charge in [-0.05, 0) is 44.2 Å². The van der Waals surface area contributed by atoms with Gasteiger partial charge in [-0.25, -0.2) is 19.2 Å². The molecule has 2 heterocycles. The molecule has 4 rings (SSSR count). The lowest BCUT2D eigenvalue weighted by Crippen LogP contribution is -2.12. The third-order valence-electron chi connectivity index (χ3n) is 5.61. The molecule has 2 aromatic heterocycles. The second kappa shape index (κ2) is 9.78. The fourth-order valence-corrected chi connectivity index (χ4v) is 4.07. The van der Waals surface area contributed by atoms with Crippen LogP contribution in [0, 0.1) is 12.7 Å². The van der Waals surface area contributed by atoms with Crippen molar-refractivity contribution < 1.29 is 19.0 Å². The number of methoxy groups -OCH3 is 1. The highest BCUT2D eigenvalue weighted by Crippen LogP contribution is 2.29. The third kappa shape index (κ3) is 4.50. The van der Waals surface area contributed by atoms with Gasteiger partial charge < -0.3 is 25.0 Å². The summed E-state index contributed by atoms with van der Waals surface area (Å²) in [6, 6.07) is 12.6. The lowest BCUT2D eigenvalue weighted by Gasteiger charge is -2.13. The van der Waals surface area contributed by atoms with E-state index in [-0.39, 0.29) is 11.3 Å². The van der Waals surface area contributed by atoms with Crippen molar-refractivity contribution in [2.24, 2.45) is 0 Å². The molecule has 0 spiro atoms. The van der Waals surface area contributed by atoms with E-state index < -0.39 is 11.8 Å². The van der Waals surface area contributed by atoms with E-state index in [0.29, 0.717) is 36.7 Å². The number of aromatic carboxylic acids is 1. The standard InChI is InChI=1S/C25H26FN5O3/c1-4-27-20-12-16(11-18(26)24(20)25(32)33)19-13-23(30-14-29-19)28-8-9-31-15(2)10-17-21(31)6-5-7-22(17)34-3/h5-7,10-14,27H,4,8-9H2,1-3H3,(H,32,33)(H,28,29,30). The van der Waals surface area contributed by atoms with E-state index >= 15 is 0 Å². The number of halogens is 1. The van der Waals surface area contributed by atoms with Crippen molar-refractivity contribution in [1.82, 2.24) is 14.5 Å². The minimum Gasteiger partial charge on any atom is -0.496 e. The Morgan fingerprint density at radius 2 is 2.00 bits per heavy atom. The smallest absolute Gasteiger partial charge is 0.340 e. The molecule has 0 aliphatic carbocycles. The molecule has 3 N–H and O–H groups in total. The second-order valence-electron chi connectivity index (χ2n) is 7.76. The second-order valence-corrected chi connectivity index (χ2v) is 7.76. The van der Waals surface area contributed by atoms with E-state index in [0.717, 1.165) is 22.3 Å². The lowest BCUT2D eigenvalue weighted by molar-refractivity contribution is 0.0693. The number of fused-ring (bicyclic) bond motifs is 1. The summed E-state index contributed by atoms with van der Waals surface area (Å²) >= 11 is 0. The molecular formula is C25H26FN5O3. The van der Waals surface area contributed by atoms with Gasteiger partial charge in [0.25, 0.3) is 0 Å². The van der Waals surface area contributed by atoms with Crippen LogP contribution >= 0.6 is 0 Å². The highest BCUT2D eigenvalue weighted by Gasteiger charge is 2.18. The Balaban J connectivity index is 1.54. The van der Waals surface area contributed by atoms with Gasteiger partial charge in [0.2, 0.25) is 0 Å². The van der Waals surface area contributed by atoms with Crippen molar-refractivity contribution in [1.29, 1.82) is 0 Å². The number of nitrogens with one attached hydrogen (secondary N) is 2. The van der Waals surface area contributed by atoms with E-state index in [1.807, 2.05) is 19.1 Å². The first-order chi connectivity index (χ1) is 16.4. The minimum absolute atomic E-state index is 0.212. The summed E-state index contributed by atoms with van der Waals surface area (Å²) in [7, 11) is 1.66. The van der Waals surface area contributed by atoms with Crippen LogP contribution < -0.4 is 15.4 Å². The van der Waals surface area contributed by atoms with Gasteiger partial charge in [0.05, 0.1) is 24.0 Å². The topological polar surface area (TPSA) is 101 Å². The number of benzene rings is 2. The maximum atomic E-state index is 14.6. The number of hydrogen-bond acceptors (Lipinski definition) is 6. The first kappa shape index (κ1) is 23.0. The highest BCUT2D eigenvalue weighted by molar-refractivity contribution is 5.95. The Morgan fingerprint density at radius 1 is 1.18 bits per heavy atom. The Morgan fingerprint density at radius 3 is 2.74 bits per heavy atom. The Labute approximate surface area is 196 Å². The minimum atomic E-state index is -1.32. The summed E-state index contributed by atoms with van der Waals surface area (Å²) in [6.07, 6.45) is 1.40. The maximum Gasteiger partial charge on any atom is 0.340 e. The van der Waals surface area contributed by atoms with Crippen LogP contribution in [0.4, 0.5) is 15.9 Å². The van der Waals surface area contributed by atoms with Crippen molar-refractivity contribution >= 4 is 28.4 Å². The van der Waals surface area contributed by atoms with Crippen molar-refractivity contribution in [3.05, 3.63) is 65.9 Å². The molecule has 0 unspecified atom stereocenters. The number of rotatable bonds is 9. The molecule has 34 heavy (non-hydrogen) atoms. The summed E-state index contributed by atoms with van der Waals surface area (Å²) in [4.78, 5) is 20.0. The van der Waals surface area contributed by atoms with Gasteiger partial charge in [-0.2, -0.15) is 0 Å². The molecule has 0 aliphatic rings. The predicted octanol–water partition coefficient (Wildman–Crippen LogP) is 4.80. The molecule has 0 atom stereocenters. The van der Waals surface area contributed by atoms with Crippen LogP contribution in [0.1, 0.15) is 23.0 Å². The lowest BCUT2D eigenvalue weighted by atomic mass is 10.1. The van der Waals surface area contributed by atoms with Crippen LogP contribution in [0.5, 0.6) is 5.75 Å².